The van der Waals surface area contributed by atoms with E-state index >= 15 is 0 Å². The number of ether oxygens (including phenoxy) is 2. The van der Waals surface area contributed by atoms with Gasteiger partial charge in [-0.1, -0.05) is 61.7 Å². The van der Waals surface area contributed by atoms with E-state index in [4.69, 9.17) is 9.47 Å². The van der Waals surface area contributed by atoms with Gasteiger partial charge in [-0.25, -0.2) is 0 Å². The third-order valence-electron chi connectivity index (χ3n) is 5.21. The van der Waals surface area contributed by atoms with E-state index in [2.05, 4.69) is 61.7 Å². The molecule has 0 bridgehead atoms. The van der Waals surface area contributed by atoms with E-state index in [1.165, 1.54) is 0 Å². The van der Waals surface area contributed by atoms with Gasteiger partial charge in [-0.3, -0.25) is 0 Å². The first-order valence-corrected chi connectivity index (χ1v) is 9.17. The fourth-order valence-corrected chi connectivity index (χ4v) is 3.78. The molecule has 0 unspecified atom stereocenters. The van der Waals surface area contributed by atoms with Crippen LogP contribution in [0.3, 0.4) is 0 Å². The van der Waals surface area contributed by atoms with Gasteiger partial charge in [0.15, 0.2) is 0 Å². The smallest absolute Gasteiger partial charge is 0.119 e. The summed E-state index contributed by atoms with van der Waals surface area (Å²) in [6.07, 6.45) is 3.81. The lowest BCUT2D eigenvalue weighted by Gasteiger charge is -2.17. The summed E-state index contributed by atoms with van der Waals surface area (Å²) in [5.41, 5.74) is 4.39. The first-order valence-electron chi connectivity index (χ1n) is 9.17. The molecule has 0 saturated heterocycles. The van der Waals surface area contributed by atoms with Gasteiger partial charge in [0.2, 0.25) is 0 Å². The minimum Gasteiger partial charge on any atom is -0.497 e. The molecule has 0 fully saturated rings. The summed E-state index contributed by atoms with van der Waals surface area (Å²) < 4.78 is 11.0. The molecule has 0 spiro atoms. The second-order valence-corrected chi connectivity index (χ2v) is 6.64. The highest BCUT2D eigenvalue weighted by molar-refractivity contribution is 6.11. The van der Waals surface area contributed by atoms with Crippen LogP contribution in [0, 0.1) is 0 Å². The third kappa shape index (κ3) is 2.84. The van der Waals surface area contributed by atoms with Crippen LogP contribution in [0.1, 0.15) is 11.1 Å². The predicted molar refractivity (Wildman–Crippen MR) is 120 cm³/mol. The van der Waals surface area contributed by atoms with Crippen LogP contribution >= 0.6 is 0 Å². The number of rotatable bonds is 5. The Labute approximate surface area is 165 Å². The van der Waals surface area contributed by atoms with Crippen LogP contribution < -0.4 is 9.47 Å². The minimum absolute atomic E-state index is 0.827. The van der Waals surface area contributed by atoms with Crippen molar-refractivity contribution in [2.45, 2.75) is 0 Å². The second kappa shape index (κ2) is 7.24. The van der Waals surface area contributed by atoms with Crippen molar-refractivity contribution >= 4 is 33.7 Å². The van der Waals surface area contributed by atoms with Crippen LogP contribution in [0.15, 0.2) is 73.8 Å². The van der Waals surface area contributed by atoms with Crippen LogP contribution in [-0.2, 0) is 0 Å². The average Bonchev–Trinajstić information content (AvgIpc) is 2.76. The monoisotopic (exact) mass is 366 g/mol. The standard InChI is InChI=1S/C26H22O2/c1-5-17-7-9-19-11-13-21(27-3)15-23(19)25(17)26-18(6-2)8-10-20-12-14-22(28-4)16-24(20)26/h5-16H,1-2H2,3-4H3. The first-order chi connectivity index (χ1) is 13.7. The van der Waals surface area contributed by atoms with Crippen molar-refractivity contribution in [2.24, 2.45) is 0 Å². The molecule has 0 aliphatic heterocycles. The Hall–Kier alpha value is -3.52. The van der Waals surface area contributed by atoms with Gasteiger partial charge in [0.1, 0.15) is 11.5 Å². The number of methoxy groups -OCH3 is 2. The maximum Gasteiger partial charge on any atom is 0.119 e. The zero-order valence-electron chi connectivity index (χ0n) is 16.2. The highest BCUT2D eigenvalue weighted by Crippen LogP contribution is 2.41. The van der Waals surface area contributed by atoms with Crippen LogP contribution in [0.5, 0.6) is 11.5 Å². The molecule has 0 aliphatic rings. The summed E-state index contributed by atoms with van der Waals surface area (Å²) in [4.78, 5) is 0. The number of benzene rings is 4. The van der Waals surface area contributed by atoms with Gasteiger partial charge < -0.3 is 9.47 Å². The van der Waals surface area contributed by atoms with Crippen molar-refractivity contribution in [1.29, 1.82) is 0 Å². The molecule has 0 aromatic heterocycles. The molecule has 28 heavy (non-hydrogen) atoms. The van der Waals surface area contributed by atoms with Gasteiger partial charge >= 0.3 is 0 Å². The largest absolute Gasteiger partial charge is 0.497 e. The van der Waals surface area contributed by atoms with Crippen LogP contribution in [0.25, 0.3) is 44.8 Å². The zero-order valence-corrected chi connectivity index (χ0v) is 16.2. The van der Waals surface area contributed by atoms with E-state index in [1.54, 1.807) is 14.2 Å². The van der Waals surface area contributed by atoms with Gasteiger partial charge in [0, 0.05) is 0 Å². The lowest BCUT2D eigenvalue weighted by atomic mass is 9.87. The van der Waals surface area contributed by atoms with Gasteiger partial charge in [0.25, 0.3) is 0 Å². The molecule has 0 N–H and O–H groups in total. The Balaban J connectivity index is 2.22. The van der Waals surface area contributed by atoms with Gasteiger partial charge in [-0.2, -0.15) is 0 Å². The number of hydrogen-bond donors (Lipinski definition) is 0. The Morgan fingerprint density at radius 3 is 1.36 bits per heavy atom. The zero-order chi connectivity index (χ0) is 19.7. The number of hydrogen-bond acceptors (Lipinski definition) is 2. The van der Waals surface area contributed by atoms with E-state index < -0.39 is 0 Å². The van der Waals surface area contributed by atoms with E-state index in [9.17, 15) is 0 Å². The maximum absolute atomic E-state index is 5.50. The van der Waals surface area contributed by atoms with E-state index in [-0.39, 0.29) is 0 Å². The van der Waals surface area contributed by atoms with Crippen LogP contribution in [0.4, 0.5) is 0 Å². The van der Waals surface area contributed by atoms with E-state index in [0.29, 0.717) is 0 Å². The first kappa shape index (κ1) is 17.9. The summed E-state index contributed by atoms with van der Waals surface area (Å²) in [6, 6.07) is 20.8. The summed E-state index contributed by atoms with van der Waals surface area (Å²) in [5.74, 6) is 1.65. The molecule has 138 valence electrons. The molecule has 0 saturated carbocycles. The summed E-state index contributed by atoms with van der Waals surface area (Å²) in [7, 11) is 3.38. The minimum atomic E-state index is 0.827. The molecular weight excluding hydrogens is 344 g/mol. The highest BCUT2D eigenvalue weighted by atomic mass is 16.5. The SMILES string of the molecule is C=Cc1ccc2ccc(OC)cc2c1-c1c(C=C)ccc2ccc(OC)cc12. The lowest BCUT2D eigenvalue weighted by Crippen LogP contribution is -1.93. The highest BCUT2D eigenvalue weighted by Gasteiger charge is 2.16. The summed E-state index contributed by atoms with van der Waals surface area (Å²) in [6.45, 7) is 8.11. The Kier molecular flexibility index (Phi) is 4.62. The molecule has 4 rings (SSSR count). The van der Waals surface area contributed by atoms with Crippen molar-refractivity contribution < 1.29 is 9.47 Å². The topological polar surface area (TPSA) is 18.5 Å². The van der Waals surface area contributed by atoms with Crippen molar-refractivity contribution in [3.8, 4) is 22.6 Å². The molecule has 0 radical (unpaired) electrons. The fourth-order valence-electron chi connectivity index (χ4n) is 3.78. The van der Waals surface area contributed by atoms with Gasteiger partial charge in [-0.05, 0) is 68.1 Å². The molecular formula is C26H22O2. The molecule has 0 atom stereocenters. The molecule has 0 amide bonds. The van der Waals surface area contributed by atoms with E-state index in [1.807, 2.05) is 24.3 Å². The summed E-state index contributed by atoms with van der Waals surface area (Å²) in [5, 5.41) is 4.54. The van der Waals surface area contributed by atoms with Crippen molar-refractivity contribution in [1.82, 2.24) is 0 Å². The van der Waals surface area contributed by atoms with Gasteiger partial charge in [0.05, 0.1) is 14.2 Å². The van der Waals surface area contributed by atoms with Crippen LogP contribution in [-0.4, -0.2) is 14.2 Å². The lowest BCUT2D eigenvalue weighted by molar-refractivity contribution is 0.415. The Bertz CT molecular complexity index is 1120. The summed E-state index contributed by atoms with van der Waals surface area (Å²) >= 11 is 0. The normalized spacial score (nSPS) is 10.8. The Morgan fingerprint density at radius 1 is 0.607 bits per heavy atom. The van der Waals surface area contributed by atoms with Crippen molar-refractivity contribution in [2.75, 3.05) is 14.2 Å². The Morgan fingerprint density at radius 2 is 1.00 bits per heavy atom. The molecule has 2 nitrogen and oxygen atoms in total. The fraction of sp³-hybridized carbons (Fsp3) is 0.0769. The third-order valence-corrected chi connectivity index (χ3v) is 5.21. The second-order valence-electron chi connectivity index (χ2n) is 6.64. The quantitative estimate of drug-likeness (QED) is 0.380. The average molecular weight is 366 g/mol. The van der Waals surface area contributed by atoms with E-state index in [0.717, 1.165) is 55.3 Å². The molecule has 4 aromatic rings. The molecule has 2 heteroatoms. The predicted octanol–water partition coefficient (Wildman–Crippen LogP) is 6.96. The van der Waals surface area contributed by atoms with Crippen LogP contribution in [0.2, 0.25) is 0 Å². The van der Waals surface area contributed by atoms with Crippen molar-refractivity contribution in [3.63, 3.8) is 0 Å². The van der Waals surface area contributed by atoms with Crippen molar-refractivity contribution in [3.05, 3.63) is 84.9 Å². The molecule has 0 aliphatic carbocycles. The maximum atomic E-state index is 5.50. The molecule has 4 aromatic carbocycles. The number of fused-ring (bicyclic) bond motifs is 2. The van der Waals surface area contributed by atoms with Gasteiger partial charge in [-0.15, -0.1) is 0 Å². The molecule has 0 heterocycles.